The van der Waals surface area contributed by atoms with Crippen molar-refractivity contribution >= 4 is 17.6 Å². The van der Waals surface area contributed by atoms with Crippen molar-refractivity contribution in [1.29, 1.82) is 0 Å². The molecule has 1 saturated heterocycles. The van der Waals surface area contributed by atoms with Crippen LogP contribution in [0.4, 0.5) is 4.79 Å². The minimum Gasteiger partial charge on any atom is -0.381 e. The van der Waals surface area contributed by atoms with Gasteiger partial charge in [0.25, 0.3) is 0 Å². The van der Waals surface area contributed by atoms with E-state index >= 15 is 0 Å². The van der Waals surface area contributed by atoms with Gasteiger partial charge in [-0.05, 0) is 25.0 Å². The molecule has 0 bridgehead atoms. The van der Waals surface area contributed by atoms with Crippen LogP contribution in [0.25, 0.3) is 11.3 Å². The Morgan fingerprint density at radius 3 is 2.68 bits per heavy atom. The fourth-order valence-corrected chi connectivity index (χ4v) is 2.73. The first-order valence-corrected chi connectivity index (χ1v) is 7.68. The molecule has 1 aromatic carbocycles. The summed E-state index contributed by atoms with van der Waals surface area (Å²) in [7, 11) is 1.83. The van der Waals surface area contributed by atoms with E-state index in [9.17, 15) is 4.79 Å². The van der Waals surface area contributed by atoms with E-state index in [-0.39, 0.29) is 12.1 Å². The molecular formula is C16H18ClN3O2. The third kappa shape index (κ3) is 3.15. The van der Waals surface area contributed by atoms with Gasteiger partial charge in [-0.3, -0.25) is 4.57 Å². The first-order chi connectivity index (χ1) is 10.6. The first-order valence-electron chi connectivity index (χ1n) is 7.30. The fourth-order valence-electron chi connectivity index (χ4n) is 2.61. The Balaban J connectivity index is 1.75. The molecule has 1 aromatic heterocycles. The highest BCUT2D eigenvalue weighted by atomic mass is 35.5. The van der Waals surface area contributed by atoms with Gasteiger partial charge in [-0.15, -0.1) is 0 Å². The van der Waals surface area contributed by atoms with E-state index in [0.717, 1.165) is 24.1 Å². The van der Waals surface area contributed by atoms with Gasteiger partial charge in [-0.1, -0.05) is 23.7 Å². The van der Waals surface area contributed by atoms with Crippen molar-refractivity contribution in [2.24, 2.45) is 0 Å². The molecule has 1 amide bonds. The number of hydrogen-bond acceptors (Lipinski definition) is 3. The molecule has 6 heteroatoms. The van der Waals surface area contributed by atoms with Crippen LogP contribution in [-0.2, 0) is 4.74 Å². The molecule has 0 spiro atoms. The van der Waals surface area contributed by atoms with E-state index in [1.165, 1.54) is 4.57 Å². The lowest BCUT2D eigenvalue weighted by Gasteiger charge is -2.30. The second kappa shape index (κ2) is 6.50. The lowest BCUT2D eigenvalue weighted by molar-refractivity contribution is 0.0528. The summed E-state index contributed by atoms with van der Waals surface area (Å²) >= 11 is 5.89. The molecule has 0 atom stereocenters. The average Bonchev–Trinajstić information content (AvgIpc) is 3.05. The molecule has 0 N–H and O–H groups in total. The van der Waals surface area contributed by atoms with Gasteiger partial charge >= 0.3 is 6.03 Å². The summed E-state index contributed by atoms with van der Waals surface area (Å²) in [6, 6.07) is 7.56. The number of ether oxygens (including phenoxy) is 1. The molecule has 0 aliphatic carbocycles. The molecule has 116 valence electrons. The number of nitrogens with zero attached hydrogens (tertiary/aromatic N) is 3. The summed E-state index contributed by atoms with van der Waals surface area (Å²) in [5.41, 5.74) is 1.69. The quantitative estimate of drug-likeness (QED) is 0.853. The summed E-state index contributed by atoms with van der Waals surface area (Å²) in [5, 5.41) is 0.679. The lowest BCUT2D eigenvalue weighted by atomic mass is 10.1. The Morgan fingerprint density at radius 1 is 1.32 bits per heavy atom. The van der Waals surface area contributed by atoms with Crippen LogP contribution in [0.5, 0.6) is 0 Å². The summed E-state index contributed by atoms with van der Waals surface area (Å²) in [4.78, 5) is 18.6. The van der Waals surface area contributed by atoms with Crippen LogP contribution in [0, 0.1) is 0 Å². The van der Waals surface area contributed by atoms with Crippen LogP contribution < -0.4 is 0 Å². The lowest BCUT2D eigenvalue weighted by Crippen LogP contribution is -2.42. The van der Waals surface area contributed by atoms with E-state index in [0.29, 0.717) is 18.2 Å². The standard InChI is InChI=1S/C16H18ClN3O2/c1-19(14-6-8-22-9-7-14)16(21)20-10-15(18-11-20)12-2-4-13(17)5-3-12/h2-5,10-11,14H,6-9H2,1H3. The molecule has 1 aliphatic rings. The van der Waals surface area contributed by atoms with Gasteiger partial charge in [0.2, 0.25) is 0 Å². The van der Waals surface area contributed by atoms with E-state index in [1.807, 2.05) is 31.3 Å². The van der Waals surface area contributed by atoms with Crippen LogP contribution in [0.3, 0.4) is 0 Å². The number of benzene rings is 1. The Labute approximate surface area is 134 Å². The van der Waals surface area contributed by atoms with Gasteiger partial charge in [-0.2, -0.15) is 0 Å². The highest BCUT2D eigenvalue weighted by Crippen LogP contribution is 2.20. The smallest absolute Gasteiger partial charge is 0.329 e. The number of imidazole rings is 1. The van der Waals surface area contributed by atoms with Crippen LogP contribution in [0.15, 0.2) is 36.8 Å². The topological polar surface area (TPSA) is 47.4 Å². The maximum atomic E-state index is 12.5. The summed E-state index contributed by atoms with van der Waals surface area (Å²) in [6.07, 6.45) is 5.06. The predicted octanol–water partition coefficient (Wildman–Crippen LogP) is 3.28. The van der Waals surface area contributed by atoms with Crippen LogP contribution >= 0.6 is 11.6 Å². The van der Waals surface area contributed by atoms with Gasteiger partial charge in [0.1, 0.15) is 6.33 Å². The zero-order chi connectivity index (χ0) is 15.5. The molecular weight excluding hydrogens is 302 g/mol. The first kappa shape index (κ1) is 15.1. The molecule has 0 unspecified atom stereocenters. The number of carbonyl (C=O) groups excluding carboxylic acids is 1. The highest BCUT2D eigenvalue weighted by molar-refractivity contribution is 6.30. The molecule has 1 fully saturated rings. The van der Waals surface area contributed by atoms with Crippen molar-refractivity contribution < 1.29 is 9.53 Å². The summed E-state index contributed by atoms with van der Waals surface area (Å²) in [5.74, 6) is 0. The van der Waals surface area contributed by atoms with Gasteiger partial charge < -0.3 is 9.64 Å². The van der Waals surface area contributed by atoms with Crippen LogP contribution in [0.2, 0.25) is 5.02 Å². The van der Waals surface area contributed by atoms with Crippen LogP contribution in [-0.4, -0.2) is 46.8 Å². The Kier molecular flexibility index (Phi) is 4.45. The fraction of sp³-hybridized carbons (Fsp3) is 0.375. The number of rotatable bonds is 2. The van der Waals surface area contributed by atoms with Crippen molar-refractivity contribution in [2.45, 2.75) is 18.9 Å². The van der Waals surface area contributed by atoms with E-state index in [1.54, 1.807) is 17.4 Å². The van der Waals surface area contributed by atoms with Gasteiger partial charge in [-0.25, -0.2) is 9.78 Å². The van der Waals surface area contributed by atoms with E-state index in [2.05, 4.69) is 4.98 Å². The molecule has 3 rings (SSSR count). The zero-order valence-corrected chi connectivity index (χ0v) is 13.2. The monoisotopic (exact) mass is 319 g/mol. The third-order valence-electron chi connectivity index (χ3n) is 3.98. The van der Waals surface area contributed by atoms with Gasteiger partial charge in [0, 0.05) is 43.1 Å². The largest absolute Gasteiger partial charge is 0.381 e. The van der Waals surface area contributed by atoms with E-state index < -0.39 is 0 Å². The molecule has 1 aliphatic heterocycles. The van der Waals surface area contributed by atoms with E-state index in [4.69, 9.17) is 16.3 Å². The van der Waals surface area contributed by atoms with Crippen molar-refractivity contribution in [3.8, 4) is 11.3 Å². The van der Waals surface area contributed by atoms with Crippen molar-refractivity contribution in [2.75, 3.05) is 20.3 Å². The number of hydrogen-bond donors (Lipinski definition) is 0. The van der Waals surface area contributed by atoms with Crippen molar-refractivity contribution in [1.82, 2.24) is 14.5 Å². The molecule has 0 saturated carbocycles. The van der Waals surface area contributed by atoms with Gasteiger partial charge in [0.15, 0.2) is 0 Å². The Morgan fingerprint density at radius 2 is 2.00 bits per heavy atom. The average molecular weight is 320 g/mol. The molecule has 5 nitrogen and oxygen atoms in total. The maximum Gasteiger partial charge on any atom is 0.329 e. The third-order valence-corrected chi connectivity index (χ3v) is 4.24. The van der Waals surface area contributed by atoms with Crippen molar-refractivity contribution in [3.63, 3.8) is 0 Å². The Bertz CT molecular complexity index is 648. The number of aromatic nitrogens is 2. The molecule has 2 aromatic rings. The van der Waals surface area contributed by atoms with Crippen LogP contribution in [0.1, 0.15) is 12.8 Å². The van der Waals surface area contributed by atoms with Crippen molar-refractivity contribution in [3.05, 3.63) is 41.8 Å². The van der Waals surface area contributed by atoms with Gasteiger partial charge in [0.05, 0.1) is 5.69 Å². The molecule has 2 heterocycles. The number of carbonyl (C=O) groups is 1. The molecule has 22 heavy (non-hydrogen) atoms. The number of amides is 1. The summed E-state index contributed by atoms with van der Waals surface area (Å²) in [6.45, 7) is 1.42. The highest BCUT2D eigenvalue weighted by Gasteiger charge is 2.23. The summed E-state index contributed by atoms with van der Waals surface area (Å²) < 4.78 is 6.87. The second-order valence-electron chi connectivity index (χ2n) is 5.41. The predicted molar refractivity (Wildman–Crippen MR) is 85.1 cm³/mol. The molecule has 0 radical (unpaired) electrons. The maximum absolute atomic E-state index is 12.5. The number of halogens is 1. The normalized spacial score (nSPS) is 15.7. The Hall–Kier alpha value is -1.85. The minimum atomic E-state index is -0.0698. The zero-order valence-electron chi connectivity index (χ0n) is 12.4. The second-order valence-corrected chi connectivity index (χ2v) is 5.85. The minimum absolute atomic E-state index is 0.0698. The SMILES string of the molecule is CN(C(=O)n1cnc(-c2ccc(Cl)cc2)c1)C1CCOCC1.